The molecule has 7 heteroatoms. The molecule has 3 N–H and O–H groups in total. The van der Waals surface area contributed by atoms with Gasteiger partial charge in [0.1, 0.15) is 6.04 Å². The Morgan fingerprint density at radius 1 is 1.43 bits per heavy atom. The van der Waals surface area contributed by atoms with Crippen LogP contribution in [0.3, 0.4) is 0 Å². The number of hydrogen-bond donors (Lipinski definition) is 2. The summed E-state index contributed by atoms with van der Waals surface area (Å²) in [5, 5.41) is 5.74. The van der Waals surface area contributed by atoms with Gasteiger partial charge < -0.3 is 16.0 Å². The van der Waals surface area contributed by atoms with Gasteiger partial charge in [0.25, 0.3) is 0 Å². The van der Waals surface area contributed by atoms with Crippen molar-refractivity contribution in [2.75, 3.05) is 16.8 Å². The summed E-state index contributed by atoms with van der Waals surface area (Å²) in [6.07, 6.45) is 3.53. The summed E-state index contributed by atoms with van der Waals surface area (Å²) in [7, 11) is 0. The zero-order valence-electron chi connectivity index (χ0n) is 12.8. The highest BCUT2D eigenvalue weighted by Crippen LogP contribution is 2.28. The summed E-state index contributed by atoms with van der Waals surface area (Å²) in [4.78, 5) is 30.2. The van der Waals surface area contributed by atoms with Crippen LogP contribution >= 0.6 is 11.3 Å². The Morgan fingerprint density at radius 2 is 2.26 bits per heavy atom. The van der Waals surface area contributed by atoms with E-state index in [0.29, 0.717) is 11.3 Å². The molecule has 6 nitrogen and oxygen atoms in total. The molecule has 0 bridgehead atoms. The molecule has 0 spiro atoms. The van der Waals surface area contributed by atoms with Gasteiger partial charge in [-0.1, -0.05) is 0 Å². The molecule has 1 atom stereocenters. The van der Waals surface area contributed by atoms with Crippen LogP contribution in [-0.4, -0.2) is 29.4 Å². The average molecular weight is 330 g/mol. The van der Waals surface area contributed by atoms with E-state index in [4.69, 9.17) is 5.73 Å². The fourth-order valence-corrected chi connectivity index (χ4v) is 3.52. The second-order valence-electron chi connectivity index (χ2n) is 5.55. The third-order valence-corrected chi connectivity index (χ3v) is 4.80. The lowest BCUT2D eigenvalue weighted by Gasteiger charge is -2.23. The van der Waals surface area contributed by atoms with Gasteiger partial charge in [0.2, 0.25) is 11.8 Å². The summed E-state index contributed by atoms with van der Waals surface area (Å²) in [6, 6.07) is 4.82. The van der Waals surface area contributed by atoms with Gasteiger partial charge >= 0.3 is 0 Å². The number of thiazole rings is 1. The fourth-order valence-electron chi connectivity index (χ4n) is 2.80. The van der Waals surface area contributed by atoms with Crippen molar-refractivity contribution in [3.8, 4) is 0 Å². The predicted octanol–water partition coefficient (Wildman–Crippen LogP) is 2.16. The minimum Gasteiger partial charge on any atom is -0.366 e. The lowest BCUT2D eigenvalue weighted by atomic mass is 10.1. The minimum absolute atomic E-state index is 0.0485. The molecule has 120 valence electrons. The molecule has 2 amide bonds. The fraction of sp³-hybridized carbons (Fsp3) is 0.312. The van der Waals surface area contributed by atoms with Crippen LogP contribution in [0.4, 0.5) is 10.8 Å². The van der Waals surface area contributed by atoms with Crippen molar-refractivity contribution in [3.63, 3.8) is 0 Å². The second kappa shape index (κ2) is 6.37. The highest BCUT2D eigenvalue weighted by atomic mass is 32.1. The monoisotopic (exact) mass is 330 g/mol. The number of benzene rings is 1. The van der Waals surface area contributed by atoms with E-state index in [-0.39, 0.29) is 11.9 Å². The number of aromatic nitrogens is 1. The maximum absolute atomic E-state index is 12.6. The molecule has 2 heterocycles. The van der Waals surface area contributed by atoms with Crippen LogP contribution in [0.2, 0.25) is 0 Å². The first-order valence-electron chi connectivity index (χ1n) is 7.43. The number of nitrogens with one attached hydrogen (secondary N) is 1. The molecule has 0 saturated carbocycles. The van der Waals surface area contributed by atoms with Gasteiger partial charge in [-0.2, -0.15) is 0 Å². The van der Waals surface area contributed by atoms with Crippen LogP contribution in [0.15, 0.2) is 29.8 Å². The number of aryl methyl sites for hydroxylation is 1. The van der Waals surface area contributed by atoms with Crippen molar-refractivity contribution >= 4 is 34.0 Å². The van der Waals surface area contributed by atoms with E-state index in [1.807, 2.05) is 17.2 Å². The zero-order valence-corrected chi connectivity index (χ0v) is 13.6. The Labute approximate surface area is 138 Å². The summed E-state index contributed by atoms with van der Waals surface area (Å²) >= 11 is 1.54. The van der Waals surface area contributed by atoms with E-state index in [0.717, 1.165) is 30.1 Å². The Bertz CT molecular complexity index is 730. The molecule has 3 rings (SSSR count). The molecule has 1 fully saturated rings. The molecule has 0 unspecified atom stereocenters. The van der Waals surface area contributed by atoms with Gasteiger partial charge in [0.15, 0.2) is 5.13 Å². The molecule has 0 radical (unpaired) electrons. The van der Waals surface area contributed by atoms with Crippen molar-refractivity contribution in [3.05, 3.63) is 40.9 Å². The number of anilines is 2. The number of nitrogens with two attached hydrogens (primary N) is 1. The van der Waals surface area contributed by atoms with Crippen LogP contribution in [-0.2, 0) is 4.79 Å². The van der Waals surface area contributed by atoms with E-state index < -0.39 is 5.91 Å². The van der Waals surface area contributed by atoms with Gasteiger partial charge in [-0.15, -0.1) is 11.3 Å². The molecule has 1 saturated heterocycles. The van der Waals surface area contributed by atoms with Crippen molar-refractivity contribution in [2.24, 2.45) is 5.73 Å². The number of nitrogens with zero attached hydrogens (tertiary/aromatic N) is 2. The number of carbonyl (C=O) groups excluding carboxylic acids is 2. The van der Waals surface area contributed by atoms with E-state index in [2.05, 4.69) is 10.3 Å². The maximum atomic E-state index is 12.6. The normalized spacial score (nSPS) is 17.3. The van der Waals surface area contributed by atoms with Crippen LogP contribution in [0.1, 0.15) is 28.8 Å². The van der Waals surface area contributed by atoms with Crippen molar-refractivity contribution < 1.29 is 9.59 Å². The van der Waals surface area contributed by atoms with E-state index in [9.17, 15) is 9.59 Å². The molecular weight excluding hydrogens is 312 g/mol. The summed E-state index contributed by atoms with van der Waals surface area (Å²) in [5.41, 5.74) is 7.22. The molecule has 23 heavy (non-hydrogen) atoms. The largest absolute Gasteiger partial charge is 0.366 e. The quantitative estimate of drug-likeness (QED) is 0.899. The van der Waals surface area contributed by atoms with Crippen LogP contribution in [0, 0.1) is 6.92 Å². The number of rotatable bonds is 4. The lowest BCUT2D eigenvalue weighted by molar-refractivity contribution is -0.117. The van der Waals surface area contributed by atoms with Crippen molar-refractivity contribution in [1.29, 1.82) is 0 Å². The Hall–Kier alpha value is -2.41. The van der Waals surface area contributed by atoms with E-state index >= 15 is 0 Å². The van der Waals surface area contributed by atoms with Crippen molar-refractivity contribution in [2.45, 2.75) is 25.8 Å². The molecule has 2 aromatic rings. The topological polar surface area (TPSA) is 88.3 Å². The Balaban J connectivity index is 1.75. The summed E-state index contributed by atoms with van der Waals surface area (Å²) < 4.78 is 0. The Kier molecular flexibility index (Phi) is 4.29. The van der Waals surface area contributed by atoms with Gasteiger partial charge in [-0.25, -0.2) is 4.98 Å². The first-order valence-corrected chi connectivity index (χ1v) is 8.31. The smallest absolute Gasteiger partial charge is 0.248 e. The highest BCUT2D eigenvalue weighted by Gasteiger charge is 2.32. The van der Waals surface area contributed by atoms with E-state index in [1.165, 1.54) is 11.3 Å². The first-order chi connectivity index (χ1) is 11.1. The number of amides is 2. The second-order valence-corrected chi connectivity index (χ2v) is 6.42. The molecule has 1 aliphatic heterocycles. The van der Waals surface area contributed by atoms with Gasteiger partial charge in [-0.3, -0.25) is 9.59 Å². The standard InChI is InChI=1S/C16H18N4O2S/c1-10-9-11(14(17)21)4-5-12(10)19-15(22)13-3-2-7-20(13)16-18-6-8-23-16/h4-6,8-9,13H,2-3,7H2,1H3,(H2,17,21)(H,19,22)/t13-/m1/s1. The average Bonchev–Trinajstić information content (AvgIpc) is 3.19. The molecule has 0 aliphatic carbocycles. The molecular formula is C16H18N4O2S. The third kappa shape index (κ3) is 3.19. The Morgan fingerprint density at radius 3 is 2.91 bits per heavy atom. The molecule has 1 aromatic carbocycles. The van der Waals surface area contributed by atoms with Gasteiger partial charge in [0, 0.05) is 29.4 Å². The zero-order chi connectivity index (χ0) is 16.4. The van der Waals surface area contributed by atoms with Crippen LogP contribution in [0.5, 0.6) is 0 Å². The lowest BCUT2D eigenvalue weighted by Crippen LogP contribution is -2.39. The SMILES string of the molecule is Cc1cc(C(N)=O)ccc1NC(=O)[C@H]1CCCN1c1nccs1. The summed E-state index contributed by atoms with van der Waals surface area (Å²) in [6.45, 7) is 2.68. The van der Waals surface area contributed by atoms with Crippen molar-refractivity contribution in [1.82, 2.24) is 4.98 Å². The number of carbonyl (C=O) groups is 2. The van der Waals surface area contributed by atoms with Gasteiger partial charge in [-0.05, 0) is 43.5 Å². The predicted molar refractivity (Wildman–Crippen MR) is 90.8 cm³/mol. The van der Waals surface area contributed by atoms with Crippen LogP contribution in [0.25, 0.3) is 0 Å². The first kappa shape index (κ1) is 15.5. The number of primary amides is 1. The van der Waals surface area contributed by atoms with Gasteiger partial charge in [0.05, 0.1) is 0 Å². The molecule has 1 aliphatic rings. The third-order valence-electron chi connectivity index (χ3n) is 3.99. The maximum Gasteiger partial charge on any atom is 0.248 e. The summed E-state index contributed by atoms with van der Waals surface area (Å²) in [5.74, 6) is -0.524. The van der Waals surface area contributed by atoms with Crippen LogP contribution < -0.4 is 16.0 Å². The van der Waals surface area contributed by atoms with E-state index in [1.54, 1.807) is 24.4 Å². The molecule has 1 aromatic heterocycles. The number of hydrogen-bond acceptors (Lipinski definition) is 5. The minimum atomic E-state index is -0.475. The highest BCUT2D eigenvalue weighted by molar-refractivity contribution is 7.13.